The van der Waals surface area contributed by atoms with Gasteiger partial charge >= 0.3 is 0 Å². The van der Waals surface area contributed by atoms with E-state index in [-0.39, 0.29) is 37.5 Å². The van der Waals surface area contributed by atoms with Crippen molar-refractivity contribution in [2.45, 2.75) is 31.9 Å². The van der Waals surface area contributed by atoms with Gasteiger partial charge in [-0.1, -0.05) is 6.07 Å². The average Bonchev–Trinajstić information content (AvgIpc) is 2.88. The number of benzene rings is 1. The Bertz CT molecular complexity index is 663. The zero-order valence-electron chi connectivity index (χ0n) is 13.3. The van der Waals surface area contributed by atoms with Crippen molar-refractivity contribution >= 4 is 23.2 Å². The van der Waals surface area contributed by atoms with E-state index in [1.165, 1.54) is 12.1 Å². The summed E-state index contributed by atoms with van der Waals surface area (Å²) in [5, 5.41) is 23.1. The smallest absolute Gasteiger partial charge is 0.271 e. The molecule has 1 aromatic carbocycles. The number of aryl methyl sites for hydroxylation is 1. The number of rotatable bonds is 6. The number of nitrogens with two attached hydrogens (primary N) is 1. The summed E-state index contributed by atoms with van der Waals surface area (Å²) in [7, 11) is 0. The van der Waals surface area contributed by atoms with E-state index in [0.29, 0.717) is 11.3 Å². The Hall–Kier alpha value is -2.52. The van der Waals surface area contributed by atoms with Crippen LogP contribution in [0.4, 0.5) is 11.4 Å². The zero-order chi connectivity index (χ0) is 17.9. The molecule has 2 rings (SSSR count). The van der Waals surface area contributed by atoms with Crippen LogP contribution in [0, 0.1) is 17.0 Å². The van der Waals surface area contributed by atoms with Crippen LogP contribution in [0.1, 0.15) is 18.4 Å². The van der Waals surface area contributed by atoms with E-state index < -0.39 is 23.0 Å². The lowest BCUT2D eigenvalue weighted by molar-refractivity contribution is -0.384. The molecule has 0 aliphatic carbocycles. The van der Waals surface area contributed by atoms with Gasteiger partial charge in [-0.05, 0) is 18.9 Å². The summed E-state index contributed by atoms with van der Waals surface area (Å²) in [5.41, 5.74) is 6.27. The van der Waals surface area contributed by atoms with Gasteiger partial charge in [-0.3, -0.25) is 24.6 Å². The minimum Gasteiger partial charge on any atom is -0.392 e. The summed E-state index contributed by atoms with van der Waals surface area (Å²) in [5.74, 6) is -0.857. The van der Waals surface area contributed by atoms with Gasteiger partial charge in [0.05, 0.1) is 22.8 Å². The SMILES string of the molecule is Cc1ccc([N+](=O)[O-])cc1NC(=O)CCN1C[C@H](O)C[C@H]1C(N)=O. The standard InChI is InChI=1S/C15H20N4O5/c1-9-2-3-10(19(23)24)6-12(9)17-14(21)4-5-18-8-11(20)7-13(18)15(16)22/h2-3,6,11,13,20H,4-5,7-8H2,1H3,(H2,16,22)(H,17,21)/t11-,13+/m1/s1. The second kappa shape index (κ2) is 7.37. The van der Waals surface area contributed by atoms with E-state index in [0.717, 1.165) is 0 Å². The fourth-order valence-electron chi connectivity index (χ4n) is 2.74. The number of anilines is 1. The molecule has 0 saturated carbocycles. The highest BCUT2D eigenvalue weighted by molar-refractivity contribution is 5.92. The topological polar surface area (TPSA) is 139 Å². The highest BCUT2D eigenvalue weighted by Gasteiger charge is 2.34. The van der Waals surface area contributed by atoms with Crippen LogP contribution in [0.5, 0.6) is 0 Å². The predicted molar refractivity (Wildman–Crippen MR) is 86.3 cm³/mol. The molecule has 2 amide bonds. The van der Waals surface area contributed by atoms with Gasteiger partial charge in [0.25, 0.3) is 5.69 Å². The molecule has 130 valence electrons. The third-order valence-corrected chi connectivity index (χ3v) is 4.04. The van der Waals surface area contributed by atoms with Gasteiger partial charge in [0.15, 0.2) is 0 Å². The second-order valence-electron chi connectivity index (χ2n) is 5.86. The first-order chi connectivity index (χ1) is 11.3. The van der Waals surface area contributed by atoms with E-state index in [9.17, 15) is 24.8 Å². The van der Waals surface area contributed by atoms with Gasteiger partial charge in [-0.2, -0.15) is 0 Å². The van der Waals surface area contributed by atoms with Gasteiger partial charge in [-0.25, -0.2) is 0 Å². The summed E-state index contributed by atoms with van der Waals surface area (Å²) < 4.78 is 0. The van der Waals surface area contributed by atoms with Crippen LogP contribution in [0.15, 0.2) is 18.2 Å². The van der Waals surface area contributed by atoms with Crippen LogP contribution in [-0.2, 0) is 9.59 Å². The number of non-ortho nitro benzene ring substituents is 1. The first-order valence-corrected chi connectivity index (χ1v) is 7.54. The fourth-order valence-corrected chi connectivity index (χ4v) is 2.74. The Kier molecular flexibility index (Phi) is 5.47. The van der Waals surface area contributed by atoms with E-state index >= 15 is 0 Å². The Labute approximate surface area is 138 Å². The molecule has 9 heteroatoms. The van der Waals surface area contributed by atoms with Crippen molar-refractivity contribution in [2.24, 2.45) is 5.73 Å². The maximum absolute atomic E-state index is 12.1. The Morgan fingerprint density at radius 1 is 1.50 bits per heavy atom. The van der Waals surface area contributed by atoms with Crippen LogP contribution in [0.25, 0.3) is 0 Å². The summed E-state index contributed by atoms with van der Waals surface area (Å²) in [6.45, 7) is 2.29. The molecule has 0 unspecified atom stereocenters. The number of hydrogen-bond acceptors (Lipinski definition) is 6. The third-order valence-electron chi connectivity index (χ3n) is 4.04. The van der Waals surface area contributed by atoms with Gasteiger partial charge in [0.1, 0.15) is 0 Å². The number of hydrogen-bond donors (Lipinski definition) is 3. The normalized spacial score (nSPS) is 20.8. The van der Waals surface area contributed by atoms with E-state index in [4.69, 9.17) is 5.73 Å². The lowest BCUT2D eigenvalue weighted by Gasteiger charge is -2.21. The van der Waals surface area contributed by atoms with Crippen molar-refractivity contribution in [2.75, 3.05) is 18.4 Å². The number of aliphatic hydroxyl groups excluding tert-OH is 1. The summed E-state index contributed by atoms with van der Waals surface area (Å²) in [4.78, 5) is 35.4. The monoisotopic (exact) mass is 336 g/mol. The van der Waals surface area contributed by atoms with Crippen molar-refractivity contribution in [3.05, 3.63) is 33.9 Å². The largest absolute Gasteiger partial charge is 0.392 e. The number of nitro benzene ring substituents is 1. The first-order valence-electron chi connectivity index (χ1n) is 7.54. The number of nitrogens with one attached hydrogen (secondary N) is 1. The van der Waals surface area contributed by atoms with Crippen LogP contribution in [0.3, 0.4) is 0 Å². The third kappa shape index (κ3) is 4.27. The summed E-state index contributed by atoms with van der Waals surface area (Å²) in [6.07, 6.45) is -0.288. The molecule has 1 saturated heterocycles. The fraction of sp³-hybridized carbons (Fsp3) is 0.467. The average molecular weight is 336 g/mol. The Balaban J connectivity index is 1.95. The molecule has 1 fully saturated rings. The molecule has 2 atom stereocenters. The number of β-amino-alcohol motifs (C(OH)–C–C–N with tert-alkyl or cyclic N) is 1. The minimum atomic E-state index is -0.635. The van der Waals surface area contributed by atoms with E-state index in [1.807, 2.05) is 0 Å². The molecule has 0 spiro atoms. The lowest BCUT2D eigenvalue weighted by atomic mass is 10.1. The molecule has 9 nitrogen and oxygen atoms in total. The maximum atomic E-state index is 12.1. The van der Waals surface area contributed by atoms with Crippen LogP contribution < -0.4 is 11.1 Å². The highest BCUT2D eigenvalue weighted by Crippen LogP contribution is 2.22. The number of nitrogens with zero attached hydrogens (tertiary/aromatic N) is 2. The van der Waals surface area contributed by atoms with Crippen molar-refractivity contribution < 1.29 is 19.6 Å². The molecule has 0 bridgehead atoms. The summed E-state index contributed by atoms with van der Waals surface area (Å²) >= 11 is 0. The quantitative estimate of drug-likeness (QED) is 0.499. The Morgan fingerprint density at radius 3 is 2.83 bits per heavy atom. The second-order valence-corrected chi connectivity index (χ2v) is 5.86. The molecule has 1 aliphatic heterocycles. The number of primary amides is 1. The predicted octanol–water partition coefficient (Wildman–Crippen LogP) is 0.152. The molecule has 0 aromatic heterocycles. The van der Waals surface area contributed by atoms with E-state index in [2.05, 4.69) is 5.32 Å². The number of aliphatic hydroxyl groups is 1. The van der Waals surface area contributed by atoms with Gasteiger partial charge < -0.3 is 16.2 Å². The van der Waals surface area contributed by atoms with Gasteiger partial charge in [0.2, 0.25) is 11.8 Å². The molecule has 1 aromatic rings. The van der Waals surface area contributed by atoms with Crippen molar-refractivity contribution in [3.8, 4) is 0 Å². The molecule has 0 radical (unpaired) electrons. The summed E-state index contributed by atoms with van der Waals surface area (Å²) in [6, 6.07) is 3.66. The first kappa shape index (κ1) is 17.8. The number of carbonyl (C=O) groups excluding carboxylic acids is 2. The number of likely N-dealkylation sites (tertiary alicyclic amines) is 1. The maximum Gasteiger partial charge on any atom is 0.271 e. The van der Waals surface area contributed by atoms with Crippen molar-refractivity contribution in [1.82, 2.24) is 4.90 Å². The Morgan fingerprint density at radius 2 is 2.21 bits per heavy atom. The zero-order valence-corrected chi connectivity index (χ0v) is 13.3. The van der Waals surface area contributed by atoms with Crippen LogP contribution in [-0.4, -0.2) is 52.0 Å². The molecular formula is C15H20N4O5. The van der Waals surface area contributed by atoms with Crippen molar-refractivity contribution in [1.29, 1.82) is 0 Å². The minimum absolute atomic E-state index is 0.0820. The molecular weight excluding hydrogens is 316 g/mol. The van der Waals surface area contributed by atoms with Crippen LogP contribution >= 0.6 is 0 Å². The molecule has 4 N–H and O–H groups in total. The van der Waals surface area contributed by atoms with Crippen LogP contribution in [0.2, 0.25) is 0 Å². The van der Waals surface area contributed by atoms with Crippen molar-refractivity contribution in [3.63, 3.8) is 0 Å². The number of carbonyl (C=O) groups is 2. The number of amides is 2. The molecule has 1 heterocycles. The highest BCUT2D eigenvalue weighted by atomic mass is 16.6. The number of nitro groups is 1. The molecule has 24 heavy (non-hydrogen) atoms. The lowest BCUT2D eigenvalue weighted by Crippen LogP contribution is -2.41. The molecule has 1 aliphatic rings. The van der Waals surface area contributed by atoms with Gasteiger partial charge in [0, 0.05) is 31.6 Å². The van der Waals surface area contributed by atoms with E-state index in [1.54, 1.807) is 17.9 Å². The van der Waals surface area contributed by atoms with Gasteiger partial charge in [-0.15, -0.1) is 0 Å².